The van der Waals surface area contributed by atoms with E-state index in [2.05, 4.69) is 0 Å². The molecule has 23 heavy (non-hydrogen) atoms. The van der Waals surface area contributed by atoms with Gasteiger partial charge in [-0.15, -0.1) is 0 Å². The van der Waals surface area contributed by atoms with Crippen LogP contribution in [0.15, 0.2) is 12.1 Å². The lowest BCUT2D eigenvalue weighted by atomic mass is 10.1. The van der Waals surface area contributed by atoms with Crippen LogP contribution in [-0.2, 0) is 20.7 Å². The van der Waals surface area contributed by atoms with Gasteiger partial charge >= 0.3 is 5.69 Å². The van der Waals surface area contributed by atoms with Gasteiger partial charge in [0, 0.05) is 24.8 Å². The van der Waals surface area contributed by atoms with E-state index in [-0.39, 0.29) is 30.6 Å². The molecule has 1 atom stereocenters. The molecule has 7 nitrogen and oxygen atoms in total. The highest BCUT2D eigenvalue weighted by Crippen LogP contribution is 2.34. The zero-order valence-corrected chi connectivity index (χ0v) is 12.5. The monoisotopic (exact) mass is 324 g/mol. The van der Waals surface area contributed by atoms with Gasteiger partial charge in [0.2, 0.25) is 5.82 Å². The zero-order chi connectivity index (χ0) is 16.4. The number of nitro groups is 1. The van der Waals surface area contributed by atoms with Crippen LogP contribution in [0.4, 0.5) is 15.8 Å². The Morgan fingerprint density at radius 1 is 1.52 bits per heavy atom. The Hall–Kier alpha value is -2.06. The quantitative estimate of drug-likeness (QED) is 0.609. The molecule has 0 spiro atoms. The maximum Gasteiger partial charge on any atom is 0.305 e. The third-order valence-corrected chi connectivity index (χ3v) is 4.13. The number of nitrogens with zero attached hydrogens (tertiary/aromatic N) is 2. The fraction of sp³-hybridized carbons (Fsp3) is 0.533. The minimum Gasteiger partial charge on any atom is -0.376 e. The first-order chi connectivity index (χ1) is 11.1. The van der Waals surface area contributed by atoms with Crippen molar-refractivity contribution in [2.45, 2.75) is 25.4 Å². The Morgan fingerprint density at radius 2 is 2.35 bits per heavy atom. The molecule has 2 aliphatic heterocycles. The van der Waals surface area contributed by atoms with Crippen LogP contribution in [0.3, 0.4) is 0 Å². The number of halogens is 1. The van der Waals surface area contributed by atoms with Gasteiger partial charge in [0.25, 0.3) is 5.91 Å². The molecule has 1 saturated heterocycles. The number of amides is 1. The van der Waals surface area contributed by atoms with Gasteiger partial charge in [-0.2, -0.15) is 4.39 Å². The van der Waals surface area contributed by atoms with Crippen molar-refractivity contribution in [2.75, 3.05) is 31.3 Å². The summed E-state index contributed by atoms with van der Waals surface area (Å²) in [6.45, 7) is 1.27. The highest BCUT2D eigenvalue weighted by molar-refractivity contribution is 5.96. The van der Waals surface area contributed by atoms with Crippen molar-refractivity contribution < 1.29 is 23.6 Å². The number of carbonyl (C=O) groups is 1. The van der Waals surface area contributed by atoms with Gasteiger partial charge in [-0.25, -0.2) is 0 Å². The molecule has 0 radical (unpaired) electrons. The summed E-state index contributed by atoms with van der Waals surface area (Å²) in [5.74, 6) is -1.14. The molecule has 1 unspecified atom stereocenters. The van der Waals surface area contributed by atoms with Crippen LogP contribution >= 0.6 is 0 Å². The zero-order valence-electron chi connectivity index (χ0n) is 12.5. The summed E-state index contributed by atoms with van der Waals surface area (Å²) in [5.41, 5.74) is 0.0400. The lowest BCUT2D eigenvalue weighted by molar-refractivity contribution is -0.387. The van der Waals surface area contributed by atoms with Crippen LogP contribution in [0.25, 0.3) is 0 Å². The van der Waals surface area contributed by atoms with Crippen LogP contribution < -0.4 is 4.90 Å². The molecule has 2 aliphatic rings. The van der Waals surface area contributed by atoms with E-state index in [0.717, 1.165) is 25.5 Å². The van der Waals surface area contributed by atoms with Crippen molar-refractivity contribution in [1.29, 1.82) is 0 Å². The first kappa shape index (κ1) is 15.8. The molecule has 1 aromatic carbocycles. The average molecular weight is 324 g/mol. The minimum absolute atomic E-state index is 0.0359. The highest BCUT2D eigenvalue weighted by atomic mass is 19.1. The lowest BCUT2D eigenvalue weighted by Crippen LogP contribution is -2.33. The molecule has 3 rings (SSSR count). The summed E-state index contributed by atoms with van der Waals surface area (Å²) in [6, 6.07) is 2.51. The molecule has 0 saturated carbocycles. The number of rotatable bonds is 5. The maximum absolute atomic E-state index is 14.1. The summed E-state index contributed by atoms with van der Waals surface area (Å²) >= 11 is 0. The van der Waals surface area contributed by atoms with Gasteiger partial charge in [-0.1, -0.05) is 0 Å². The average Bonchev–Trinajstić information content (AvgIpc) is 3.16. The van der Waals surface area contributed by atoms with E-state index < -0.39 is 16.4 Å². The van der Waals surface area contributed by atoms with Crippen molar-refractivity contribution in [2.24, 2.45) is 0 Å². The predicted molar refractivity (Wildman–Crippen MR) is 78.9 cm³/mol. The molecule has 1 aromatic rings. The number of hydrogen-bond donors (Lipinski definition) is 0. The van der Waals surface area contributed by atoms with E-state index in [1.165, 1.54) is 11.0 Å². The molecule has 1 fully saturated rings. The van der Waals surface area contributed by atoms with Gasteiger partial charge in [0.05, 0.1) is 23.3 Å². The van der Waals surface area contributed by atoms with Crippen molar-refractivity contribution in [3.63, 3.8) is 0 Å². The largest absolute Gasteiger partial charge is 0.376 e. The SMILES string of the molecule is O=C(COCC1CCCO1)N1CCc2c1ccc([N+](=O)[O-])c2F. The number of hydrogen-bond acceptors (Lipinski definition) is 5. The van der Waals surface area contributed by atoms with E-state index >= 15 is 0 Å². The van der Waals surface area contributed by atoms with Crippen LogP contribution in [0.2, 0.25) is 0 Å². The van der Waals surface area contributed by atoms with Crippen molar-refractivity contribution in [3.8, 4) is 0 Å². The maximum atomic E-state index is 14.1. The molecule has 0 aromatic heterocycles. The molecule has 0 N–H and O–H groups in total. The molecule has 2 heterocycles. The summed E-state index contributed by atoms with van der Waals surface area (Å²) in [5, 5.41) is 10.8. The number of benzene rings is 1. The normalized spacial score (nSPS) is 19.9. The van der Waals surface area contributed by atoms with Crippen LogP contribution in [0.5, 0.6) is 0 Å². The summed E-state index contributed by atoms with van der Waals surface area (Å²) < 4.78 is 24.9. The van der Waals surface area contributed by atoms with Crippen LogP contribution in [0.1, 0.15) is 18.4 Å². The van der Waals surface area contributed by atoms with Gasteiger partial charge in [-0.05, 0) is 25.3 Å². The minimum atomic E-state index is -0.858. The molecule has 8 heteroatoms. The molecule has 1 amide bonds. The lowest BCUT2D eigenvalue weighted by Gasteiger charge is -2.18. The smallest absolute Gasteiger partial charge is 0.305 e. The summed E-state index contributed by atoms with van der Waals surface area (Å²) in [6.07, 6.45) is 2.23. The predicted octanol–water partition coefficient (Wildman–Crippen LogP) is 1.82. The van der Waals surface area contributed by atoms with E-state index in [1.807, 2.05) is 0 Å². The number of carbonyl (C=O) groups excluding carboxylic acids is 1. The fourth-order valence-corrected chi connectivity index (χ4v) is 2.96. The first-order valence-corrected chi connectivity index (χ1v) is 7.53. The van der Waals surface area contributed by atoms with Crippen LogP contribution in [0, 0.1) is 15.9 Å². The van der Waals surface area contributed by atoms with Crippen molar-refractivity contribution >= 4 is 17.3 Å². The van der Waals surface area contributed by atoms with Crippen molar-refractivity contribution in [1.82, 2.24) is 0 Å². The second kappa shape index (κ2) is 6.59. The number of nitro benzene ring substituents is 1. The van der Waals surface area contributed by atoms with E-state index in [9.17, 15) is 19.3 Å². The van der Waals surface area contributed by atoms with Gasteiger partial charge in [-0.3, -0.25) is 14.9 Å². The standard InChI is InChI=1S/C15H17FN2O5/c16-15-11-5-6-17(12(11)3-4-13(15)18(20)21)14(19)9-22-8-10-2-1-7-23-10/h3-4,10H,1-2,5-9H2. The second-order valence-electron chi connectivity index (χ2n) is 5.60. The molecular formula is C15H17FN2O5. The van der Waals surface area contributed by atoms with Gasteiger partial charge < -0.3 is 14.4 Å². The molecule has 0 bridgehead atoms. The van der Waals surface area contributed by atoms with E-state index in [4.69, 9.17) is 9.47 Å². The Morgan fingerprint density at radius 3 is 3.04 bits per heavy atom. The third kappa shape index (κ3) is 3.18. The molecule has 0 aliphatic carbocycles. The van der Waals surface area contributed by atoms with E-state index in [0.29, 0.717) is 18.8 Å². The van der Waals surface area contributed by atoms with Crippen LogP contribution in [-0.4, -0.2) is 43.3 Å². The number of fused-ring (bicyclic) bond motifs is 1. The topological polar surface area (TPSA) is 81.9 Å². The first-order valence-electron chi connectivity index (χ1n) is 7.53. The Labute approximate surface area is 132 Å². The number of anilines is 1. The second-order valence-corrected chi connectivity index (χ2v) is 5.60. The Kier molecular flexibility index (Phi) is 4.53. The van der Waals surface area contributed by atoms with Gasteiger partial charge in [0.1, 0.15) is 6.61 Å². The van der Waals surface area contributed by atoms with Gasteiger partial charge in [0.15, 0.2) is 0 Å². The highest BCUT2D eigenvalue weighted by Gasteiger charge is 2.31. The van der Waals surface area contributed by atoms with E-state index in [1.54, 1.807) is 0 Å². The Bertz CT molecular complexity index is 631. The molecular weight excluding hydrogens is 307 g/mol. The summed E-state index contributed by atoms with van der Waals surface area (Å²) in [7, 11) is 0. The summed E-state index contributed by atoms with van der Waals surface area (Å²) in [4.78, 5) is 23.6. The third-order valence-electron chi connectivity index (χ3n) is 4.13. The fourth-order valence-electron chi connectivity index (χ4n) is 2.96. The molecule has 124 valence electrons. The van der Waals surface area contributed by atoms with Crippen molar-refractivity contribution in [3.05, 3.63) is 33.6 Å². The number of ether oxygens (including phenoxy) is 2. The Balaban J connectivity index is 1.63.